The van der Waals surface area contributed by atoms with Gasteiger partial charge in [0, 0.05) is 11.8 Å². The maximum atomic E-state index is 11.8. The highest BCUT2D eigenvalue weighted by molar-refractivity contribution is 5.78. The first kappa shape index (κ1) is 49.7. The zero-order chi connectivity index (χ0) is 45.7. The summed E-state index contributed by atoms with van der Waals surface area (Å²) in [5.41, 5.74) is 0. The van der Waals surface area contributed by atoms with Crippen molar-refractivity contribution < 1.29 is 52.4 Å². The lowest BCUT2D eigenvalue weighted by molar-refractivity contribution is -0.152. The molecule has 11 nitrogen and oxygen atoms in total. The Hall–Kier alpha value is -2.69. The number of esters is 5. The monoisotopic (exact) mass is 885 g/mol. The second-order valence-electron chi connectivity index (χ2n) is 21.5. The summed E-state index contributed by atoms with van der Waals surface area (Å²) in [6.45, 7) is 23.0. The SMILES string of the molecule is CCCOC(=O)C1C2CCC(C2)[C@@H]1C.CCCOC(=O)C1CCCC[C@@H]1C.CCCOC(=O)C1CCC[C@@H]1C.C[C@@H]1C2OC(=O)C3C2CC1[C@H]3C.C[C@@H]1C2OC(=O)C3C2OC1[C@H]3C. The summed E-state index contributed by atoms with van der Waals surface area (Å²) in [6, 6.07) is 0. The zero-order valence-corrected chi connectivity index (χ0v) is 40.6. The predicted molar refractivity (Wildman–Crippen MR) is 239 cm³/mol. The van der Waals surface area contributed by atoms with E-state index in [1.165, 1.54) is 57.8 Å². The van der Waals surface area contributed by atoms with Crippen molar-refractivity contribution in [1.29, 1.82) is 0 Å². The van der Waals surface area contributed by atoms with Gasteiger partial charge < -0.3 is 28.4 Å². The maximum absolute atomic E-state index is 11.8. The Balaban J connectivity index is 0.000000131. The van der Waals surface area contributed by atoms with Crippen LogP contribution in [0.15, 0.2) is 0 Å². The van der Waals surface area contributed by atoms with Crippen LogP contribution in [-0.2, 0) is 52.4 Å². The van der Waals surface area contributed by atoms with Gasteiger partial charge in [-0.1, -0.05) is 88.5 Å². The number of carbonyl (C=O) groups is 5. The Morgan fingerprint density at radius 2 is 1.02 bits per heavy atom. The minimum Gasteiger partial charge on any atom is -0.465 e. The molecule has 4 heterocycles. The fourth-order valence-corrected chi connectivity index (χ4v) is 13.9. The van der Waals surface area contributed by atoms with E-state index in [0.29, 0.717) is 73.1 Å². The van der Waals surface area contributed by atoms with Crippen LogP contribution in [0.3, 0.4) is 0 Å². The van der Waals surface area contributed by atoms with Crippen LogP contribution in [0.1, 0.15) is 159 Å². The first-order valence-electron chi connectivity index (χ1n) is 25.7. The van der Waals surface area contributed by atoms with Crippen LogP contribution < -0.4 is 0 Å². The molecule has 4 saturated heterocycles. The number of hydrogen-bond acceptors (Lipinski definition) is 11. The quantitative estimate of drug-likeness (QED) is 0.161. The molecule has 10 aliphatic rings. The van der Waals surface area contributed by atoms with Crippen molar-refractivity contribution in [2.24, 2.45) is 94.7 Å². The van der Waals surface area contributed by atoms with Gasteiger partial charge in [-0.05, 0) is 124 Å². The molecule has 358 valence electrons. The molecule has 0 radical (unpaired) electrons. The van der Waals surface area contributed by atoms with Crippen LogP contribution in [0, 0.1) is 94.7 Å². The summed E-state index contributed by atoms with van der Waals surface area (Å²) in [4.78, 5) is 57.5. The average molecular weight is 885 g/mol. The highest BCUT2D eigenvalue weighted by Gasteiger charge is 2.66. The van der Waals surface area contributed by atoms with Gasteiger partial charge in [-0.3, -0.25) is 24.0 Å². The third kappa shape index (κ3) is 10.6. The molecular weight excluding hydrogens is 801 g/mol. The molecule has 20 atom stereocenters. The molecule has 0 N–H and O–H groups in total. The minimum atomic E-state index is -0.0376. The Bertz CT molecular complexity index is 1510. The fraction of sp³-hybridized carbons (Fsp3) is 0.904. The van der Waals surface area contributed by atoms with E-state index >= 15 is 0 Å². The molecule has 0 spiro atoms. The molecule has 6 saturated carbocycles. The molecule has 4 aliphatic heterocycles. The Kier molecular flexibility index (Phi) is 17.5. The van der Waals surface area contributed by atoms with E-state index in [4.69, 9.17) is 28.4 Å². The van der Waals surface area contributed by atoms with Crippen molar-refractivity contribution in [2.45, 2.75) is 184 Å². The second-order valence-corrected chi connectivity index (χ2v) is 21.5. The molecule has 0 amide bonds. The van der Waals surface area contributed by atoms with Crippen LogP contribution in [-0.4, -0.2) is 74.1 Å². The van der Waals surface area contributed by atoms with E-state index in [1.54, 1.807) is 0 Å². The summed E-state index contributed by atoms with van der Waals surface area (Å²) in [5, 5.41) is 0. The van der Waals surface area contributed by atoms with Crippen LogP contribution in [0.4, 0.5) is 0 Å². The molecular formula is C52H84O11. The van der Waals surface area contributed by atoms with Gasteiger partial charge in [0.05, 0.1) is 55.5 Å². The van der Waals surface area contributed by atoms with Crippen LogP contribution in [0.5, 0.6) is 0 Å². The van der Waals surface area contributed by atoms with E-state index in [1.807, 2.05) is 20.8 Å². The smallest absolute Gasteiger partial charge is 0.312 e. The molecule has 0 aromatic heterocycles. The third-order valence-corrected chi connectivity index (χ3v) is 17.6. The van der Waals surface area contributed by atoms with Gasteiger partial charge in [-0.2, -0.15) is 0 Å². The second kappa shape index (κ2) is 22.2. The van der Waals surface area contributed by atoms with Crippen molar-refractivity contribution in [1.82, 2.24) is 0 Å². The number of fused-ring (bicyclic) bond motifs is 4. The zero-order valence-electron chi connectivity index (χ0n) is 40.6. The topological polar surface area (TPSA) is 141 Å². The normalized spacial score (nSPS) is 43.5. The number of ether oxygens (including phenoxy) is 6. The average Bonchev–Trinajstić information content (AvgIpc) is 4.15. The van der Waals surface area contributed by atoms with Crippen LogP contribution in [0.2, 0.25) is 0 Å². The highest BCUT2D eigenvalue weighted by Crippen LogP contribution is 2.60. The van der Waals surface area contributed by atoms with Crippen molar-refractivity contribution in [2.75, 3.05) is 19.8 Å². The lowest BCUT2D eigenvalue weighted by Crippen LogP contribution is -2.35. The molecule has 63 heavy (non-hydrogen) atoms. The van der Waals surface area contributed by atoms with E-state index in [9.17, 15) is 24.0 Å². The van der Waals surface area contributed by atoms with Gasteiger partial charge in [-0.25, -0.2) is 0 Å². The van der Waals surface area contributed by atoms with Crippen molar-refractivity contribution in [3.63, 3.8) is 0 Å². The lowest BCUT2D eigenvalue weighted by Gasteiger charge is -2.26. The standard InChI is InChI=1S/C12H20O2.C11H20O2.C10H14O2.C10H18O2.C9H12O3/c1-3-6-14-12(13)11-8(2)9-4-5-10(11)7-9;1-3-8-13-11(12)10-7-5-4-6-9(10)2;1-4-6-3-7-8(4)10(11)12-9(7)5(6)2;1-3-7-12-10(11)9-6-4-5-8(9)2;1-3-5-8-7(12-9(5)10)4(2)6(3)11-8/h8-11H,3-7H2,1-2H3;9-10H,3-8H2,1-2H3;4-9H,3H2,1-2H3;8-9H,3-7H2,1-2H3;3-8H,1-2H3/t8-,9?,10?,11?;9-,10?;4-,5+,6?,7?,8?,9?;8-,9?;3-,4-,5?,6?,7?,8?/m00100/s1. The Morgan fingerprint density at radius 3 is 1.52 bits per heavy atom. The van der Waals surface area contributed by atoms with Gasteiger partial charge in [0.25, 0.3) is 0 Å². The van der Waals surface area contributed by atoms with Crippen molar-refractivity contribution in [3.8, 4) is 0 Å². The third-order valence-electron chi connectivity index (χ3n) is 17.6. The first-order valence-corrected chi connectivity index (χ1v) is 25.7. The number of hydrogen-bond donors (Lipinski definition) is 0. The highest BCUT2D eigenvalue weighted by atomic mass is 16.6. The van der Waals surface area contributed by atoms with Crippen molar-refractivity contribution in [3.05, 3.63) is 0 Å². The molecule has 10 rings (SSSR count). The molecule has 0 aromatic carbocycles. The van der Waals surface area contributed by atoms with Gasteiger partial charge in [0.15, 0.2) is 0 Å². The van der Waals surface area contributed by atoms with Gasteiger partial charge >= 0.3 is 29.8 Å². The number of rotatable bonds is 9. The summed E-state index contributed by atoms with van der Waals surface area (Å²) < 4.78 is 31.9. The molecule has 11 heteroatoms. The van der Waals surface area contributed by atoms with Crippen LogP contribution in [0.25, 0.3) is 0 Å². The predicted octanol–water partition coefficient (Wildman–Crippen LogP) is 9.79. The van der Waals surface area contributed by atoms with E-state index < -0.39 is 0 Å². The van der Waals surface area contributed by atoms with Gasteiger partial charge in [-0.15, -0.1) is 0 Å². The van der Waals surface area contributed by atoms with Gasteiger partial charge in [0.2, 0.25) is 0 Å². The molecule has 0 aromatic rings. The first-order chi connectivity index (χ1) is 30.1. The van der Waals surface area contributed by atoms with E-state index in [2.05, 4.69) is 48.5 Å². The van der Waals surface area contributed by atoms with Gasteiger partial charge in [0.1, 0.15) is 18.3 Å². The summed E-state index contributed by atoms with van der Waals surface area (Å²) in [7, 11) is 0. The number of carbonyl (C=O) groups excluding carboxylic acids is 5. The van der Waals surface area contributed by atoms with E-state index in [0.717, 1.165) is 43.9 Å². The fourth-order valence-electron chi connectivity index (χ4n) is 13.9. The van der Waals surface area contributed by atoms with E-state index in [-0.39, 0.29) is 83.9 Å². The largest absolute Gasteiger partial charge is 0.465 e. The molecule has 6 aliphatic carbocycles. The maximum Gasteiger partial charge on any atom is 0.312 e. The van der Waals surface area contributed by atoms with Crippen molar-refractivity contribution >= 4 is 29.8 Å². The summed E-state index contributed by atoms with van der Waals surface area (Å²) >= 11 is 0. The molecule has 13 unspecified atom stereocenters. The minimum absolute atomic E-state index is 0.0295. The lowest BCUT2D eigenvalue weighted by atomic mass is 9.76. The summed E-state index contributed by atoms with van der Waals surface area (Å²) in [5.74, 6) is 7.45. The molecule has 10 fully saturated rings. The Morgan fingerprint density at radius 1 is 0.492 bits per heavy atom. The molecule has 6 bridgehead atoms. The summed E-state index contributed by atoms with van der Waals surface area (Å²) in [6.07, 6.45) is 16.6. The van der Waals surface area contributed by atoms with Crippen LogP contribution >= 0.6 is 0 Å². The Labute approximate surface area is 379 Å².